The van der Waals surface area contributed by atoms with Crippen LogP contribution >= 0.6 is 0 Å². The maximum Gasteiger partial charge on any atom is 0.391 e. The van der Waals surface area contributed by atoms with Crippen LogP contribution in [-0.2, 0) is 14.3 Å². The van der Waals surface area contributed by atoms with Gasteiger partial charge in [-0.3, -0.25) is 0 Å². The lowest BCUT2D eigenvalue weighted by Crippen LogP contribution is -2.29. The molecule has 3 rings (SSSR count). The van der Waals surface area contributed by atoms with Crippen molar-refractivity contribution in [2.45, 2.75) is 38.3 Å². The first-order chi connectivity index (χ1) is 17.6. The van der Waals surface area contributed by atoms with Crippen LogP contribution in [0.15, 0.2) is 48.5 Å². The Morgan fingerprint density at radius 2 is 1.54 bits per heavy atom. The molecule has 0 aromatic heterocycles. The van der Waals surface area contributed by atoms with E-state index in [2.05, 4.69) is 0 Å². The van der Waals surface area contributed by atoms with Crippen LogP contribution in [0.25, 0.3) is 6.08 Å². The first kappa shape index (κ1) is 27.9. The van der Waals surface area contributed by atoms with Gasteiger partial charge in [0.2, 0.25) is 0 Å². The van der Waals surface area contributed by atoms with Crippen LogP contribution in [0.4, 0.5) is 24.5 Å². The molecule has 0 atom stereocenters. The average Bonchev–Trinajstić information content (AvgIpc) is 2.85. The summed E-state index contributed by atoms with van der Waals surface area (Å²) in [4.78, 5) is 23.9. The first-order valence-electron chi connectivity index (χ1n) is 12.1. The summed E-state index contributed by atoms with van der Waals surface area (Å²) >= 11 is 0. The lowest BCUT2D eigenvalue weighted by molar-refractivity contribution is -0.184. The summed E-state index contributed by atoms with van der Waals surface area (Å²) in [6.07, 6.45) is 0.422. The summed E-state index contributed by atoms with van der Waals surface area (Å²) in [7, 11) is 0. The summed E-state index contributed by atoms with van der Waals surface area (Å²) in [6, 6.07) is 11.5. The summed E-state index contributed by atoms with van der Waals surface area (Å²) in [5.41, 5.74) is 13.0. The van der Waals surface area contributed by atoms with E-state index in [0.717, 1.165) is 5.56 Å². The van der Waals surface area contributed by atoms with Crippen molar-refractivity contribution >= 4 is 29.4 Å². The zero-order chi connectivity index (χ0) is 26.8. The van der Waals surface area contributed by atoms with E-state index in [0.29, 0.717) is 43.0 Å². The highest BCUT2D eigenvalue weighted by Gasteiger charge is 2.41. The van der Waals surface area contributed by atoms with Crippen molar-refractivity contribution in [3.05, 3.63) is 59.7 Å². The van der Waals surface area contributed by atoms with E-state index in [4.69, 9.17) is 25.7 Å². The Morgan fingerprint density at radius 1 is 0.919 bits per heavy atom. The Morgan fingerprint density at radius 3 is 2.16 bits per heavy atom. The van der Waals surface area contributed by atoms with Gasteiger partial charge in [-0.15, -0.1) is 0 Å². The van der Waals surface area contributed by atoms with Crippen molar-refractivity contribution in [3.8, 4) is 5.75 Å². The summed E-state index contributed by atoms with van der Waals surface area (Å²) in [5, 5.41) is 0. The van der Waals surface area contributed by atoms with Crippen LogP contribution in [0.3, 0.4) is 0 Å². The molecule has 0 saturated heterocycles. The van der Waals surface area contributed by atoms with E-state index < -0.39 is 24.0 Å². The molecule has 200 valence electrons. The molecule has 1 aliphatic carbocycles. The van der Waals surface area contributed by atoms with E-state index >= 15 is 0 Å². The van der Waals surface area contributed by atoms with Crippen molar-refractivity contribution in [1.82, 2.24) is 0 Å². The molecule has 1 fully saturated rings. The number of anilines is 2. The molecule has 2 aromatic carbocycles. The molecule has 2 aromatic rings. The number of hydrogen-bond donors (Lipinski definition) is 2. The quantitative estimate of drug-likeness (QED) is 0.187. The fourth-order valence-electron chi connectivity index (χ4n) is 4.03. The van der Waals surface area contributed by atoms with Crippen LogP contribution in [0.2, 0.25) is 0 Å². The predicted octanol–water partition coefficient (Wildman–Crippen LogP) is 5.40. The number of nitrogen functional groups attached to an aromatic ring is 2. The lowest BCUT2D eigenvalue weighted by Gasteiger charge is -2.29. The number of carbonyl (C=O) groups excluding carboxylic acids is 2. The SMILES string of the molecule is Nc1cc(N)cc(C(=O)OCCCOC(=O)/C=C/c2ccc(OCC3CCC(C(F)(F)F)CC3)cc2)c1. The Balaban J connectivity index is 1.31. The maximum absolute atomic E-state index is 12.8. The van der Waals surface area contributed by atoms with Crippen molar-refractivity contribution in [2.75, 3.05) is 31.3 Å². The molecule has 0 spiro atoms. The molecule has 0 unspecified atom stereocenters. The number of carbonyl (C=O) groups is 2. The second kappa shape index (κ2) is 13.0. The number of esters is 2. The van der Waals surface area contributed by atoms with Crippen molar-refractivity contribution in [1.29, 1.82) is 0 Å². The molecule has 0 heterocycles. The van der Waals surface area contributed by atoms with Crippen LogP contribution in [0, 0.1) is 11.8 Å². The fourth-order valence-corrected chi connectivity index (χ4v) is 4.03. The highest BCUT2D eigenvalue weighted by Crippen LogP contribution is 2.39. The van der Waals surface area contributed by atoms with Gasteiger partial charge in [0, 0.05) is 23.9 Å². The predicted molar refractivity (Wildman–Crippen MR) is 134 cm³/mol. The highest BCUT2D eigenvalue weighted by molar-refractivity contribution is 5.91. The average molecular weight is 521 g/mol. The van der Waals surface area contributed by atoms with E-state index in [9.17, 15) is 22.8 Å². The molecule has 0 bridgehead atoms. The molecule has 1 saturated carbocycles. The van der Waals surface area contributed by atoms with Gasteiger partial charge in [0.15, 0.2) is 0 Å². The largest absolute Gasteiger partial charge is 0.493 e. The topological polar surface area (TPSA) is 114 Å². The molecule has 7 nitrogen and oxygen atoms in total. The van der Waals surface area contributed by atoms with Gasteiger partial charge in [-0.1, -0.05) is 12.1 Å². The smallest absolute Gasteiger partial charge is 0.391 e. The molecule has 1 aliphatic rings. The van der Waals surface area contributed by atoms with Gasteiger partial charge < -0.3 is 25.7 Å². The second-order valence-electron chi connectivity index (χ2n) is 9.02. The fraction of sp³-hybridized carbons (Fsp3) is 0.407. The van der Waals surface area contributed by atoms with Crippen molar-refractivity contribution < 1.29 is 37.0 Å². The maximum atomic E-state index is 12.8. The van der Waals surface area contributed by atoms with Crippen molar-refractivity contribution in [2.24, 2.45) is 11.8 Å². The monoisotopic (exact) mass is 520 g/mol. The van der Waals surface area contributed by atoms with E-state index in [1.54, 1.807) is 30.3 Å². The summed E-state index contributed by atoms with van der Waals surface area (Å²) in [6.45, 7) is 0.526. The van der Waals surface area contributed by atoms with E-state index in [1.165, 1.54) is 24.3 Å². The van der Waals surface area contributed by atoms with Crippen LogP contribution < -0.4 is 16.2 Å². The molecule has 10 heteroatoms. The van der Waals surface area contributed by atoms with Crippen molar-refractivity contribution in [3.63, 3.8) is 0 Å². The first-order valence-corrected chi connectivity index (χ1v) is 12.1. The Hall–Kier alpha value is -3.69. The molecular weight excluding hydrogens is 489 g/mol. The summed E-state index contributed by atoms with van der Waals surface area (Å²) in [5.74, 6) is -1.56. The van der Waals surface area contributed by atoms with Gasteiger partial charge in [-0.05, 0) is 73.6 Å². The number of rotatable bonds is 10. The molecule has 0 radical (unpaired) electrons. The zero-order valence-electron chi connectivity index (χ0n) is 20.3. The third-order valence-electron chi connectivity index (χ3n) is 6.07. The molecule has 0 aliphatic heterocycles. The number of alkyl halides is 3. The standard InChI is InChI=1S/C27H31F3N2O5/c28-27(29,30)21-7-2-19(3-8-21)17-37-24-9-4-18(5-10-24)6-11-25(33)35-12-1-13-36-26(34)20-14-22(31)16-23(32)15-20/h4-6,9-11,14-16,19,21H,1-3,7-8,12-13,17,31-32H2/b11-6+. The van der Waals surface area contributed by atoms with Crippen LogP contribution in [0.5, 0.6) is 5.75 Å². The highest BCUT2D eigenvalue weighted by atomic mass is 19.4. The summed E-state index contributed by atoms with van der Waals surface area (Å²) < 4.78 is 54.3. The van der Waals surface area contributed by atoms with Gasteiger partial charge in [0.1, 0.15) is 5.75 Å². The van der Waals surface area contributed by atoms with Gasteiger partial charge in [-0.25, -0.2) is 9.59 Å². The van der Waals surface area contributed by atoms with Gasteiger partial charge in [0.25, 0.3) is 0 Å². The third-order valence-corrected chi connectivity index (χ3v) is 6.07. The Kier molecular flexibility index (Phi) is 9.82. The minimum atomic E-state index is -4.11. The number of halogens is 3. The van der Waals surface area contributed by atoms with Crippen LogP contribution in [0.1, 0.15) is 48.0 Å². The van der Waals surface area contributed by atoms with Gasteiger partial charge >= 0.3 is 18.1 Å². The number of benzene rings is 2. The number of hydrogen-bond acceptors (Lipinski definition) is 7. The Bertz CT molecular complexity index is 1060. The van der Waals surface area contributed by atoms with Gasteiger partial charge in [0.05, 0.1) is 31.3 Å². The molecular formula is C27H31F3N2O5. The minimum absolute atomic E-state index is 0.0652. The number of ether oxygens (including phenoxy) is 3. The Labute approximate surface area is 213 Å². The lowest BCUT2D eigenvalue weighted by atomic mass is 9.82. The van der Waals surface area contributed by atoms with Crippen LogP contribution in [-0.4, -0.2) is 37.9 Å². The van der Waals surface area contributed by atoms with E-state index in [1.807, 2.05) is 0 Å². The molecule has 0 amide bonds. The normalized spacial score (nSPS) is 17.9. The molecule has 37 heavy (non-hydrogen) atoms. The zero-order valence-corrected chi connectivity index (χ0v) is 20.3. The molecule has 4 N–H and O–H groups in total. The second-order valence-corrected chi connectivity index (χ2v) is 9.02. The van der Waals surface area contributed by atoms with Gasteiger partial charge in [-0.2, -0.15) is 13.2 Å². The third kappa shape index (κ3) is 9.36. The minimum Gasteiger partial charge on any atom is -0.493 e. The van der Waals surface area contributed by atoms with E-state index in [-0.39, 0.29) is 37.5 Å². The number of nitrogens with two attached hydrogens (primary N) is 2.